The van der Waals surface area contributed by atoms with Crippen molar-refractivity contribution < 1.29 is 4.42 Å². The predicted molar refractivity (Wildman–Crippen MR) is 89.0 cm³/mol. The van der Waals surface area contributed by atoms with Crippen molar-refractivity contribution in [1.29, 1.82) is 0 Å². The molecule has 1 aromatic carbocycles. The van der Waals surface area contributed by atoms with E-state index in [0.717, 1.165) is 22.2 Å². The first-order valence-electron chi connectivity index (χ1n) is 7.00. The number of hydrogen-bond donors (Lipinski definition) is 2. The SMILES string of the molecule is C(=Cc1ccco1)C=NNc1nnc2c(n1)[nH]c1ccccc12. The highest BCUT2D eigenvalue weighted by Gasteiger charge is 2.07. The van der Waals surface area contributed by atoms with Gasteiger partial charge in [-0.25, -0.2) is 5.43 Å². The number of furan rings is 1. The normalized spacial score (nSPS) is 12.0. The Hall–Kier alpha value is -3.48. The van der Waals surface area contributed by atoms with Gasteiger partial charge in [-0.2, -0.15) is 10.1 Å². The van der Waals surface area contributed by atoms with Gasteiger partial charge in [0.15, 0.2) is 5.65 Å². The molecule has 0 aliphatic rings. The quantitative estimate of drug-likeness (QED) is 0.446. The van der Waals surface area contributed by atoms with Gasteiger partial charge in [0.25, 0.3) is 5.95 Å². The minimum Gasteiger partial charge on any atom is -0.465 e. The van der Waals surface area contributed by atoms with Crippen LogP contribution in [0.25, 0.3) is 28.1 Å². The molecule has 0 amide bonds. The van der Waals surface area contributed by atoms with Crippen LogP contribution in [-0.4, -0.2) is 26.4 Å². The van der Waals surface area contributed by atoms with E-state index in [0.29, 0.717) is 11.6 Å². The number of rotatable bonds is 4. The van der Waals surface area contributed by atoms with E-state index in [9.17, 15) is 0 Å². The Balaban J connectivity index is 1.52. The van der Waals surface area contributed by atoms with E-state index in [1.807, 2.05) is 36.4 Å². The summed E-state index contributed by atoms with van der Waals surface area (Å²) in [5, 5.41) is 13.2. The van der Waals surface area contributed by atoms with E-state index in [4.69, 9.17) is 4.42 Å². The summed E-state index contributed by atoms with van der Waals surface area (Å²) in [4.78, 5) is 7.57. The third-order valence-electron chi connectivity index (χ3n) is 3.25. The molecular weight excluding hydrogens is 292 g/mol. The molecule has 0 radical (unpaired) electrons. The molecule has 4 aromatic rings. The van der Waals surface area contributed by atoms with Crippen molar-refractivity contribution in [3.05, 3.63) is 54.5 Å². The Bertz CT molecular complexity index is 1000. The minimum absolute atomic E-state index is 0.326. The molecule has 4 rings (SSSR count). The summed E-state index contributed by atoms with van der Waals surface area (Å²) in [5.41, 5.74) is 5.14. The van der Waals surface area contributed by atoms with Gasteiger partial charge >= 0.3 is 0 Å². The van der Waals surface area contributed by atoms with Gasteiger partial charge in [-0.15, -0.1) is 10.2 Å². The number of benzene rings is 1. The summed E-state index contributed by atoms with van der Waals surface area (Å²) in [5.74, 6) is 1.08. The molecule has 23 heavy (non-hydrogen) atoms. The molecule has 3 aromatic heterocycles. The van der Waals surface area contributed by atoms with Crippen LogP contribution >= 0.6 is 0 Å². The number of allylic oxidation sites excluding steroid dienone is 1. The molecule has 0 fully saturated rings. The molecule has 0 unspecified atom stereocenters. The third kappa shape index (κ3) is 2.67. The summed E-state index contributed by atoms with van der Waals surface area (Å²) in [6, 6.07) is 11.6. The molecule has 0 bridgehead atoms. The Morgan fingerprint density at radius 1 is 1.13 bits per heavy atom. The van der Waals surface area contributed by atoms with Gasteiger partial charge < -0.3 is 9.40 Å². The maximum Gasteiger partial charge on any atom is 0.265 e. The first-order chi connectivity index (χ1) is 11.4. The average molecular weight is 304 g/mol. The van der Waals surface area contributed by atoms with Crippen LogP contribution in [0, 0.1) is 0 Å². The van der Waals surface area contributed by atoms with Crippen molar-refractivity contribution in [2.24, 2.45) is 5.10 Å². The van der Waals surface area contributed by atoms with E-state index in [1.165, 1.54) is 0 Å². The zero-order valence-electron chi connectivity index (χ0n) is 12.0. The van der Waals surface area contributed by atoms with Crippen LogP contribution in [0.5, 0.6) is 0 Å². The summed E-state index contributed by atoms with van der Waals surface area (Å²) in [6.45, 7) is 0. The molecule has 7 nitrogen and oxygen atoms in total. The van der Waals surface area contributed by atoms with Crippen LogP contribution in [0.15, 0.2) is 58.3 Å². The van der Waals surface area contributed by atoms with Crippen molar-refractivity contribution in [3.8, 4) is 0 Å². The Labute approximate surface area is 130 Å². The lowest BCUT2D eigenvalue weighted by atomic mass is 10.2. The minimum atomic E-state index is 0.326. The molecule has 2 N–H and O–H groups in total. The number of aromatic nitrogens is 4. The molecule has 3 heterocycles. The molecule has 0 spiro atoms. The largest absolute Gasteiger partial charge is 0.465 e. The number of H-pyrrole nitrogens is 1. The molecule has 112 valence electrons. The van der Waals surface area contributed by atoms with Crippen molar-refractivity contribution in [2.75, 3.05) is 5.43 Å². The molecule has 0 saturated carbocycles. The second kappa shape index (κ2) is 5.72. The van der Waals surface area contributed by atoms with Crippen LogP contribution in [0.4, 0.5) is 5.95 Å². The number of hydrogen-bond acceptors (Lipinski definition) is 6. The summed E-state index contributed by atoms with van der Waals surface area (Å²) < 4.78 is 5.17. The van der Waals surface area contributed by atoms with E-state index in [1.54, 1.807) is 24.6 Å². The summed E-state index contributed by atoms with van der Waals surface area (Å²) in [7, 11) is 0. The lowest BCUT2D eigenvalue weighted by Crippen LogP contribution is -1.98. The number of anilines is 1. The lowest BCUT2D eigenvalue weighted by Gasteiger charge is -1.95. The van der Waals surface area contributed by atoms with Crippen LogP contribution in [0.2, 0.25) is 0 Å². The van der Waals surface area contributed by atoms with E-state index < -0.39 is 0 Å². The first-order valence-corrected chi connectivity index (χ1v) is 7.00. The highest BCUT2D eigenvalue weighted by atomic mass is 16.3. The molecule has 0 aliphatic heterocycles. The summed E-state index contributed by atoms with van der Waals surface area (Å²) >= 11 is 0. The predicted octanol–water partition coefficient (Wildman–Crippen LogP) is 3.21. The second-order valence-corrected chi connectivity index (χ2v) is 4.77. The van der Waals surface area contributed by atoms with E-state index in [-0.39, 0.29) is 0 Å². The van der Waals surface area contributed by atoms with Gasteiger partial charge in [0.05, 0.1) is 6.26 Å². The monoisotopic (exact) mass is 304 g/mol. The molecule has 0 saturated heterocycles. The number of aromatic amines is 1. The van der Waals surface area contributed by atoms with Crippen LogP contribution in [0.1, 0.15) is 5.76 Å². The Kier molecular flexibility index (Phi) is 3.28. The van der Waals surface area contributed by atoms with Crippen LogP contribution < -0.4 is 5.43 Å². The first kappa shape index (κ1) is 13.2. The highest BCUT2D eigenvalue weighted by Crippen LogP contribution is 2.21. The zero-order valence-corrected chi connectivity index (χ0v) is 12.0. The number of hydrazone groups is 1. The van der Waals surface area contributed by atoms with Crippen LogP contribution in [0.3, 0.4) is 0 Å². The number of nitrogens with one attached hydrogen (secondary N) is 2. The van der Waals surface area contributed by atoms with Crippen molar-refractivity contribution in [3.63, 3.8) is 0 Å². The van der Waals surface area contributed by atoms with Crippen molar-refractivity contribution >= 4 is 40.3 Å². The van der Waals surface area contributed by atoms with Gasteiger partial charge in [0, 0.05) is 17.1 Å². The maximum absolute atomic E-state index is 5.17. The van der Waals surface area contributed by atoms with Crippen molar-refractivity contribution in [2.45, 2.75) is 0 Å². The fourth-order valence-corrected chi connectivity index (χ4v) is 2.23. The van der Waals surface area contributed by atoms with Crippen molar-refractivity contribution in [1.82, 2.24) is 20.2 Å². The molecular formula is C16H12N6O. The molecule has 7 heteroatoms. The van der Waals surface area contributed by atoms with Gasteiger partial charge in [0.2, 0.25) is 0 Å². The number of nitrogens with zero attached hydrogens (tertiary/aromatic N) is 4. The molecule has 0 atom stereocenters. The fraction of sp³-hybridized carbons (Fsp3) is 0. The number of para-hydroxylation sites is 1. The summed E-state index contributed by atoms with van der Waals surface area (Å²) in [6.07, 6.45) is 6.75. The highest BCUT2D eigenvalue weighted by molar-refractivity contribution is 6.03. The van der Waals surface area contributed by atoms with Gasteiger partial charge in [-0.05, 0) is 30.4 Å². The number of fused-ring (bicyclic) bond motifs is 3. The Morgan fingerprint density at radius 3 is 3.00 bits per heavy atom. The lowest BCUT2D eigenvalue weighted by molar-refractivity contribution is 0.557. The maximum atomic E-state index is 5.17. The van der Waals surface area contributed by atoms with E-state index in [2.05, 4.69) is 30.7 Å². The fourth-order valence-electron chi connectivity index (χ4n) is 2.23. The standard InChI is InChI=1S/C16H12N6O/c1-2-8-13-12(7-1)14-15(18-13)19-16(22-20-14)21-17-9-3-5-11-6-4-10-23-11/h1-10H,(H2,18,19,21,22). The van der Waals surface area contributed by atoms with Gasteiger partial charge in [-0.1, -0.05) is 18.2 Å². The zero-order chi connectivity index (χ0) is 15.5. The van der Waals surface area contributed by atoms with Gasteiger partial charge in [0.1, 0.15) is 11.3 Å². The topological polar surface area (TPSA) is 92.0 Å². The average Bonchev–Trinajstić information content (AvgIpc) is 3.21. The third-order valence-corrected chi connectivity index (χ3v) is 3.25. The second-order valence-electron chi connectivity index (χ2n) is 4.77. The van der Waals surface area contributed by atoms with Gasteiger partial charge in [-0.3, -0.25) is 0 Å². The molecule has 0 aliphatic carbocycles. The Morgan fingerprint density at radius 2 is 2.09 bits per heavy atom. The smallest absolute Gasteiger partial charge is 0.265 e. The van der Waals surface area contributed by atoms with E-state index >= 15 is 0 Å². The van der Waals surface area contributed by atoms with Crippen LogP contribution in [-0.2, 0) is 0 Å².